The first-order valence-electron chi connectivity index (χ1n) is 4.96. The molecule has 0 aliphatic carbocycles. The minimum Gasteiger partial charge on any atom is -0.634 e. The minimum absolute atomic E-state index is 0.118. The van der Waals surface area contributed by atoms with Gasteiger partial charge in [-0.15, -0.1) is 0 Å². The average molecular weight is 191 g/mol. The van der Waals surface area contributed by atoms with Gasteiger partial charge >= 0.3 is 0 Å². The highest BCUT2D eigenvalue weighted by Gasteiger charge is 2.50. The number of hydrogen-bond acceptors (Lipinski definition) is 1. The molecule has 3 atom stereocenters. The van der Waals surface area contributed by atoms with Gasteiger partial charge in [0, 0.05) is 19.3 Å². The van der Waals surface area contributed by atoms with Crippen LogP contribution in [0.25, 0.3) is 0 Å². The number of nitrogens with one attached hydrogen (secondary N) is 1. The minimum atomic E-state index is -2.32. The van der Waals surface area contributed by atoms with E-state index in [2.05, 4.69) is 0 Å². The van der Waals surface area contributed by atoms with E-state index in [0.29, 0.717) is 12.8 Å². The number of rotatable bonds is 2. The summed E-state index contributed by atoms with van der Waals surface area (Å²) in [6.45, 7) is 0. The predicted octanol–water partition coefficient (Wildman–Crippen LogP) is 1.11. The normalized spacial score (nSPS) is 44.3. The molecular weight excluding hydrogens is 176 g/mol. The Bertz CT molecular complexity index is 196. The molecule has 1 N–H and O–H groups in total. The second-order valence-corrected chi connectivity index (χ2v) is 4.37. The summed E-state index contributed by atoms with van der Waals surface area (Å²) >= 11 is 0. The summed E-state index contributed by atoms with van der Waals surface area (Å²) in [6, 6.07) is 0.118. The van der Waals surface area contributed by atoms with Crippen LogP contribution in [-0.4, -0.2) is 18.0 Å². The first-order chi connectivity index (χ1) is 6.14. The quantitative estimate of drug-likeness (QED) is 0.650. The van der Waals surface area contributed by atoms with E-state index in [1.807, 2.05) is 0 Å². The van der Waals surface area contributed by atoms with Crippen molar-refractivity contribution in [2.75, 3.05) is 0 Å². The lowest BCUT2D eigenvalue weighted by molar-refractivity contribution is -0.921. The lowest BCUT2D eigenvalue weighted by Gasteiger charge is -2.44. The van der Waals surface area contributed by atoms with Crippen LogP contribution >= 0.6 is 0 Å². The van der Waals surface area contributed by atoms with Crippen molar-refractivity contribution in [2.45, 2.75) is 56.5 Å². The van der Waals surface area contributed by atoms with E-state index in [4.69, 9.17) is 0 Å². The summed E-state index contributed by atoms with van der Waals surface area (Å²) in [6.07, 6.45) is 1.65. The number of piperidine rings is 1. The van der Waals surface area contributed by atoms with Gasteiger partial charge in [0.25, 0.3) is 0 Å². The summed E-state index contributed by atoms with van der Waals surface area (Å²) in [4.78, 5) is 0. The second kappa shape index (κ2) is 3.17. The maximum atomic E-state index is 12.3. The van der Waals surface area contributed by atoms with E-state index in [-0.39, 0.29) is 17.5 Å². The van der Waals surface area contributed by atoms with Gasteiger partial charge < -0.3 is 10.3 Å². The molecule has 0 amide bonds. The SMILES string of the molecule is [O-][NH+]1C2CCCC1(CC(F)F)CC2. The molecule has 4 heteroatoms. The van der Waals surface area contributed by atoms with Crippen molar-refractivity contribution in [3.63, 3.8) is 0 Å². The van der Waals surface area contributed by atoms with Crippen molar-refractivity contribution in [1.82, 2.24) is 0 Å². The highest BCUT2D eigenvalue weighted by atomic mass is 19.3. The van der Waals surface area contributed by atoms with Crippen molar-refractivity contribution in [2.24, 2.45) is 0 Å². The number of halogens is 2. The van der Waals surface area contributed by atoms with Crippen LogP contribution < -0.4 is 5.06 Å². The van der Waals surface area contributed by atoms with Gasteiger partial charge in [-0.1, -0.05) is 0 Å². The van der Waals surface area contributed by atoms with Crippen LogP contribution in [0.4, 0.5) is 8.78 Å². The number of fused-ring (bicyclic) bond motifs is 2. The van der Waals surface area contributed by atoms with E-state index in [0.717, 1.165) is 19.3 Å². The summed E-state index contributed by atoms with van der Waals surface area (Å²) in [5.74, 6) is 0. The van der Waals surface area contributed by atoms with Gasteiger partial charge in [-0.3, -0.25) is 0 Å². The molecule has 2 heterocycles. The second-order valence-electron chi connectivity index (χ2n) is 4.37. The van der Waals surface area contributed by atoms with Gasteiger partial charge in [-0.2, -0.15) is 0 Å². The Labute approximate surface area is 76.5 Å². The summed E-state index contributed by atoms with van der Waals surface area (Å²) in [7, 11) is 0. The third-order valence-electron chi connectivity index (χ3n) is 3.62. The van der Waals surface area contributed by atoms with Crippen molar-refractivity contribution in [3.8, 4) is 0 Å². The number of hydrogen-bond donors (Lipinski definition) is 1. The molecule has 2 aliphatic rings. The molecule has 2 nitrogen and oxygen atoms in total. The third-order valence-corrected chi connectivity index (χ3v) is 3.62. The lowest BCUT2D eigenvalue weighted by Crippen LogP contribution is -3.18. The highest BCUT2D eigenvalue weighted by Crippen LogP contribution is 2.34. The van der Waals surface area contributed by atoms with E-state index in [1.165, 1.54) is 0 Å². The molecule has 0 aromatic heterocycles. The number of alkyl halides is 2. The van der Waals surface area contributed by atoms with Crippen LogP contribution in [0.3, 0.4) is 0 Å². The van der Waals surface area contributed by atoms with Crippen molar-refractivity contribution >= 4 is 0 Å². The zero-order valence-corrected chi connectivity index (χ0v) is 7.56. The molecule has 3 unspecified atom stereocenters. The lowest BCUT2D eigenvalue weighted by atomic mass is 9.87. The van der Waals surface area contributed by atoms with Crippen LogP contribution in [0.2, 0.25) is 0 Å². The Hall–Kier alpha value is -0.220. The van der Waals surface area contributed by atoms with Crippen LogP contribution in [-0.2, 0) is 0 Å². The molecular formula is C9H15F2NO. The summed E-state index contributed by atoms with van der Waals surface area (Å²) in [5, 5.41) is 11.8. The Balaban J connectivity index is 2.11. The molecule has 0 radical (unpaired) electrons. The highest BCUT2D eigenvalue weighted by molar-refractivity contribution is 4.91. The largest absolute Gasteiger partial charge is 0.634 e. The molecule has 0 spiro atoms. The van der Waals surface area contributed by atoms with Gasteiger partial charge in [-0.25, -0.2) is 8.78 Å². The van der Waals surface area contributed by atoms with Crippen LogP contribution in [0.5, 0.6) is 0 Å². The molecule has 2 fully saturated rings. The molecule has 2 rings (SSSR count). The van der Waals surface area contributed by atoms with Gasteiger partial charge in [0.05, 0.1) is 12.5 Å². The zero-order valence-electron chi connectivity index (χ0n) is 7.56. The fourth-order valence-electron chi connectivity index (χ4n) is 2.95. The number of quaternary nitrogens is 1. The molecule has 0 saturated carbocycles. The van der Waals surface area contributed by atoms with Gasteiger partial charge in [0.15, 0.2) is 0 Å². The fourth-order valence-corrected chi connectivity index (χ4v) is 2.95. The molecule has 13 heavy (non-hydrogen) atoms. The summed E-state index contributed by atoms with van der Waals surface area (Å²) in [5.41, 5.74) is -0.614. The van der Waals surface area contributed by atoms with Crippen LogP contribution in [0, 0.1) is 5.21 Å². The molecule has 0 aromatic carbocycles. The zero-order chi connectivity index (χ0) is 9.47. The monoisotopic (exact) mass is 191 g/mol. The molecule has 76 valence electrons. The van der Waals surface area contributed by atoms with Crippen molar-refractivity contribution in [3.05, 3.63) is 5.21 Å². The van der Waals surface area contributed by atoms with E-state index in [1.54, 1.807) is 0 Å². The Kier molecular flexibility index (Phi) is 2.28. The van der Waals surface area contributed by atoms with E-state index >= 15 is 0 Å². The molecule has 0 aromatic rings. The van der Waals surface area contributed by atoms with Gasteiger partial charge in [-0.05, 0) is 12.8 Å². The maximum absolute atomic E-state index is 12.3. The van der Waals surface area contributed by atoms with Crippen LogP contribution in [0.1, 0.15) is 38.5 Å². The van der Waals surface area contributed by atoms with E-state index in [9.17, 15) is 14.0 Å². The average Bonchev–Trinajstić information content (AvgIpc) is 2.30. The van der Waals surface area contributed by atoms with Crippen molar-refractivity contribution < 1.29 is 13.8 Å². The van der Waals surface area contributed by atoms with Crippen LogP contribution in [0.15, 0.2) is 0 Å². The third kappa shape index (κ3) is 1.46. The maximum Gasteiger partial charge on any atom is 0.244 e. The summed E-state index contributed by atoms with van der Waals surface area (Å²) < 4.78 is 24.6. The molecule has 2 aliphatic heterocycles. The van der Waals surface area contributed by atoms with E-state index < -0.39 is 12.0 Å². The Morgan fingerprint density at radius 2 is 2.15 bits per heavy atom. The Morgan fingerprint density at radius 1 is 1.38 bits per heavy atom. The molecule has 2 bridgehead atoms. The Morgan fingerprint density at radius 3 is 2.85 bits per heavy atom. The molecule has 2 saturated heterocycles. The number of hydroxylamine groups is 2. The van der Waals surface area contributed by atoms with Gasteiger partial charge in [0.2, 0.25) is 6.43 Å². The standard InChI is InChI=1S/C9H15F2NO/c10-8(11)6-9-4-1-2-7(3-5-9)12(9)13/h7-8,12H,1-6H2. The fraction of sp³-hybridized carbons (Fsp3) is 1.00. The predicted molar refractivity (Wildman–Crippen MR) is 44.6 cm³/mol. The first kappa shape index (κ1) is 9.34. The van der Waals surface area contributed by atoms with Gasteiger partial charge in [0.1, 0.15) is 5.54 Å². The topological polar surface area (TPSA) is 27.5 Å². The van der Waals surface area contributed by atoms with Crippen molar-refractivity contribution in [1.29, 1.82) is 0 Å². The first-order valence-corrected chi connectivity index (χ1v) is 4.96. The smallest absolute Gasteiger partial charge is 0.244 e.